The molecule has 1 nitrogen and oxygen atoms in total. The summed E-state index contributed by atoms with van der Waals surface area (Å²) in [7, 11) is -1.39. The van der Waals surface area contributed by atoms with Gasteiger partial charge in [-0.3, -0.25) is 0 Å². The Hall–Kier alpha value is -0.863. The van der Waals surface area contributed by atoms with Crippen LogP contribution in [0.4, 0.5) is 0 Å². The molecule has 2 heteroatoms. The SMILES string of the molecule is CC[Si](CC)(CC)/C(=C1/COCC1C)c1ccccc1. The first kappa shape index (κ1) is 15.5. The van der Waals surface area contributed by atoms with Gasteiger partial charge in [0.1, 0.15) is 0 Å². The lowest BCUT2D eigenvalue weighted by Crippen LogP contribution is -2.35. The molecule has 110 valence electrons. The molecule has 1 heterocycles. The van der Waals surface area contributed by atoms with Gasteiger partial charge in [0.05, 0.1) is 21.3 Å². The lowest BCUT2D eigenvalue weighted by molar-refractivity contribution is 0.191. The first-order valence-electron chi connectivity index (χ1n) is 8.05. The fourth-order valence-corrected chi connectivity index (χ4v) is 7.96. The van der Waals surface area contributed by atoms with Gasteiger partial charge in [0.15, 0.2) is 0 Å². The van der Waals surface area contributed by atoms with E-state index >= 15 is 0 Å². The van der Waals surface area contributed by atoms with E-state index in [0.717, 1.165) is 13.2 Å². The van der Waals surface area contributed by atoms with Crippen LogP contribution in [0, 0.1) is 5.92 Å². The summed E-state index contributed by atoms with van der Waals surface area (Å²) in [6, 6.07) is 15.1. The average molecular weight is 289 g/mol. The second-order valence-electron chi connectivity index (χ2n) is 6.02. The number of ether oxygens (including phenoxy) is 1. The highest BCUT2D eigenvalue weighted by Crippen LogP contribution is 2.41. The Labute approximate surface area is 125 Å². The summed E-state index contributed by atoms with van der Waals surface area (Å²) < 4.78 is 5.76. The Morgan fingerprint density at radius 3 is 2.15 bits per heavy atom. The van der Waals surface area contributed by atoms with Crippen molar-refractivity contribution in [2.45, 2.75) is 45.8 Å². The Morgan fingerprint density at radius 2 is 1.70 bits per heavy atom. The molecule has 2 rings (SSSR count). The molecule has 0 amide bonds. The molecular weight excluding hydrogens is 260 g/mol. The van der Waals surface area contributed by atoms with Gasteiger partial charge < -0.3 is 4.74 Å². The van der Waals surface area contributed by atoms with Crippen LogP contribution in [0.1, 0.15) is 33.3 Å². The highest BCUT2D eigenvalue weighted by atomic mass is 28.3. The highest BCUT2D eigenvalue weighted by molar-refractivity contribution is 6.96. The van der Waals surface area contributed by atoms with E-state index in [4.69, 9.17) is 4.74 Å². The average Bonchev–Trinajstić information content (AvgIpc) is 2.91. The van der Waals surface area contributed by atoms with Crippen molar-refractivity contribution < 1.29 is 4.74 Å². The van der Waals surface area contributed by atoms with E-state index in [1.807, 2.05) is 0 Å². The second kappa shape index (κ2) is 6.73. The zero-order valence-corrected chi connectivity index (χ0v) is 14.4. The topological polar surface area (TPSA) is 9.23 Å². The fourth-order valence-electron chi connectivity index (χ4n) is 3.62. The van der Waals surface area contributed by atoms with Crippen molar-refractivity contribution in [3.05, 3.63) is 41.5 Å². The maximum atomic E-state index is 5.76. The quantitative estimate of drug-likeness (QED) is 0.680. The summed E-state index contributed by atoms with van der Waals surface area (Å²) in [6.45, 7) is 11.2. The Morgan fingerprint density at radius 1 is 1.10 bits per heavy atom. The van der Waals surface area contributed by atoms with Crippen LogP contribution < -0.4 is 0 Å². The third kappa shape index (κ3) is 2.77. The molecule has 1 aromatic rings. The minimum atomic E-state index is -1.39. The molecule has 1 atom stereocenters. The monoisotopic (exact) mass is 288 g/mol. The molecule has 0 bridgehead atoms. The summed E-state index contributed by atoms with van der Waals surface area (Å²) in [6.07, 6.45) is 0. The van der Waals surface area contributed by atoms with E-state index in [9.17, 15) is 0 Å². The van der Waals surface area contributed by atoms with Crippen molar-refractivity contribution in [1.82, 2.24) is 0 Å². The van der Waals surface area contributed by atoms with Crippen molar-refractivity contribution in [2.24, 2.45) is 5.92 Å². The van der Waals surface area contributed by atoms with Gasteiger partial charge in [-0.2, -0.15) is 0 Å². The molecule has 1 aliphatic heterocycles. The Balaban J connectivity index is 2.62. The first-order chi connectivity index (χ1) is 9.68. The largest absolute Gasteiger partial charge is 0.376 e. The molecule has 0 N–H and O–H groups in total. The number of hydrogen-bond acceptors (Lipinski definition) is 1. The maximum absolute atomic E-state index is 5.76. The molecular formula is C18H28OSi. The van der Waals surface area contributed by atoms with Crippen LogP contribution in [0.2, 0.25) is 18.1 Å². The summed E-state index contributed by atoms with van der Waals surface area (Å²) in [5, 5.41) is 1.70. The maximum Gasteiger partial charge on any atom is 0.0867 e. The van der Waals surface area contributed by atoms with Crippen molar-refractivity contribution in [2.75, 3.05) is 13.2 Å². The lowest BCUT2D eigenvalue weighted by atomic mass is 10.0. The van der Waals surface area contributed by atoms with Crippen molar-refractivity contribution in [1.29, 1.82) is 0 Å². The van der Waals surface area contributed by atoms with Crippen molar-refractivity contribution in [3.8, 4) is 0 Å². The third-order valence-electron chi connectivity index (χ3n) is 5.16. The summed E-state index contributed by atoms with van der Waals surface area (Å²) in [5.74, 6) is 0.585. The molecule has 0 saturated carbocycles. The predicted molar refractivity (Wildman–Crippen MR) is 90.5 cm³/mol. The third-order valence-corrected chi connectivity index (χ3v) is 10.9. The zero-order valence-electron chi connectivity index (χ0n) is 13.4. The van der Waals surface area contributed by atoms with Crippen LogP contribution in [-0.4, -0.2) is 21.3 Å². The fraction of sp³-hybridized carbons (Fsp3) is 0.556. The standard InChI is InChI=1S/C18H28OSi/c1-5-20(6-2,7-3)18(16-11-9-8-10-12-16)17-14-19-13-15(17)4/h8-12,15H,5-7,13-14H2,1-4H3/b18-17-. The van der Waals surface area contributed by atoms with Crippen LogP contribution >= 0.6 is 0 Å². The van der Waals surface area contributed by atoms with Gasteiger partial charge in [-0.1, -0.05) is 81.4 Å². The number of benzene rings is 1. The van der Waals surface area contributed by atoms with Crippen LogP contribution in [-0.2, 0) is 4.74 Å². The highest BCUT2D eigenvalue weighted by Gasteiger charge is 2.36. The van der Waals surface area contributed by atoms with Crippen LogP contribution in [0.3, 0.4) is 0 Å². The molecule has 1 aliphatic rings. The number of hydrogen-bond donors (Lipinski definition) is 0. The van der Waals surface area contributed by atoms with Crippen LogP contribution in [0.25, 0.3) is 5.20 Å². The van der Waals surface area contributed by atoms with E-state index in [-0.39, 0.29) is 0 Å². The lowest BCUT2D eigenvalue weighted by Gasteiger charge is -2.34. The zero-order chi connectivity index (χ0) is 14.6. The van der Waals surface area contributed by atoms with Gasteiger partial charge in [-0.05, 0) is 11.1 Å². The van der Waals surface area contributed by atoms with Crippen molar-refractivity contribution >= 4 is 13.3 Å². The summed E-state index contributed by atoms with van der Waals surface area (Å²) >= 11 is 0. The van der Waals surface area contributed by atoms with Gasteiger partial charge >= 0.3 is 0 Å². The number of rotatable bonds is 5. The predicted octanol–water partition coefficient (Wildman–Crippen LogP) is 5.15. The molecule has 0 radical (unpaired) electrons. The summed E-state index contributed by atoms with van der Waals surface area (Å²) in [5.41, 5.74) is 3.05. The smallest absolute Gasteiger partial charge is 0.0867 e. The van der Waals surface area contributed by atoms with Crippen molar-refractivity contribution in [3.63, 3.8) is 0 Å². The molecule has 1 unspecified atom stereocenters. The van der Waals surface area contributed by atoms with Gasteiger partial charge in [-0.25, -0.2) is 0 Å². The van der Waals surface area contributed by atoms with E-state index in [2.05, 4.69) is 58.0 Å². The van der Waals surface area contributed by atoms with E-state index < -0.39 is 8.07 Å². The van der Waals surface area contributed by atoms with Gasteiger partial charge in [0.2, 0.25) is 0 Å². The van der Waals surface area contributed by atoms with E-state index in [1.54, 1.807) is 10.8 Å². The van der Waals surface area contributed by atoms with Gasteiger partial charge in [-0.15, -0.1) is 0 Å². The second-order valence-corrected chi connectivity index (χ2v) is 11.2. The Kier molecular flexibility index (Phi) is 5.22. The molecule has 1 saturated heterocycles. The molecule has 0 aliphatic carbocycles. The molecule has 0 aromatic heterocycles. The van der Waals surface area contributed by atoms with Crippen LogP contribution in [0.5, 0.6) is 0 Å². The molecule has 1 aromatic carbocycles. The van der Waals surface area contributed by atoms with E-state index in [0.29, 0.717) is 5.92 Å². The minimum absolute atomic E-state index is 0.585. The van der Waals surface area contributed by atoms with Crippen LogP contribution in [0.15, 0.2) is 35.9 Å². The molecule has 20 heavy (non-hydrogen) atoms. The van der Waals surface area contributed by atoms with E-state index in [1.165, 1.54) is 23.7 Å². The normalized spacial score (nSPS) is 22.1. The summed E-state index contributed by atoms with van der Waals surface area (Å²) in [4.78, 5) is 0. The molecule has 0 spiro atoms. The molecule has 1 fully saturated rings. The Bertz CT molecular complexity index is 451. The first-order valence-corrected chi connectivity index (χ1v) is 10.7. The van der Waals surface area contributed by atoms with Gasteiger partial charge in [0.25, 0.3) is 0 Å². The van der Waals surface area contributed by atoms with Gasteiger partial charge in [0, 0.05) is 5.92 Å². The minimum Gasteiger partial charge on any atom is -0.376 e.